The summed E-state index contributed by atoms with van der Waals surface area (Å²) in [4.78, 5) is 22.2. The molecule has 1 aliphatic carbocycles. The Labute approximate surface area is 193 Å². The third-order valence-electron chi connectivity index (χ3n) is 6.16. The highest BCUT2D eigenvalue weighted by Crippen LogP contribution is 2.33. The van der Waals surface area contributed by atoms with Crippen molar-refractivity contribution >= 4 is 22.8 Å². The van der Waals surface area contributed by atoms with Crippen molar-refractivity contribution in [2.24, 2.45) is 0 Å². The molecule has 0 spiro atoms. The molecule has 2 aromatic heterocycles. The molecule has 7 heteroatoms. The third kappa shape index (κ3) is 4.72. The molecule has 2 N–H and O–H groups in total. The molecule has 1 aliphatic rings. The summed E-state index contributed by atoms with van der Waals surface area (Å²) >= 11 is 0. The second-order valence-corrected chi connectivity index (χ2v) is 8.44. The molecule has 2 aromatic carbocycles. The fraction of sp³-hybridized carbons (Fsp3) is 0.308. The standard InChI is InChI=1S/C26H28N6O/c33-26(20-12-6-2-7-13-20)28-17-16-27-24-22-18-29-32(21-14-8-3-9-15-21)25(22)31-23(30-24)19-10-4-1-5-11-19/h2-3,6-9,12-15,18-19H,1,4-5,10-11,16-17H2,(H,28,33)(H,27,30,31). The summed E-state index contributed by atoms with van der Waals surface area (Å²) in [5, 5.41) is 11.9. The third-order valence-corrected chi connectivity index (χ3v) is 6.16. The van der Waals surface area contributed by atoms with Crippen LogP contribution in [-0.2, 0) is 0 Å². The fourth-order valence-corrected chi connectivity index (χ4v) is 4.41. The number of carbonyl (C=O) groups excluding carboxylic acids is 1. The molecule has 1 saturated carbocycles. The molecule has 0 radical (unpaired) electrons. The normalized spacial score (nSPS) is 14.3. The Morgan fingerprint density at radius 3 is 2.39 bits per heavy atom. The van der Waals surface area contributed by atoms with Gasteiger partial charge in [0.15, 0.2) is 5.65 Å². The number of nitrogens with zero attached hydrogens (tertiary/aromatic N) is 4. The summed E-state index contributed by atoms with van der Waals surface area (Å²) in [6, 6.07) is 19.3. The molecular weight excluding hydrogens is 412 g/mol. The van der Waals surface area contributed by atoms with E-state index in [0.29, 0.717) is 24.6 Å². The number of rotatable bonds is 7. The van der Waals surface area contributed by atoms with Crippen LogP contribution in [0.2, 0.25) is 0 Å². The summed E-state index contributed by atoms with van der Waals surface area (Å²) in [6.45, 7) is 1.05. The highest BCUT2D eigenvalue weighted by Gasteiger charge is 2.22. The summed E-state index contributed by atoms with van der Waals surface area (Å²) in [6.07, 6.45) is 7.79. The van der Waals surface area contributed by atoms with Crippen LogP contribution in [-0.4, -0.2) is 38.7 Å². The highest BCUT2D eigenvalue weighted by atomic mass is 16.1. The summed E-state index contributed by atoms with van der Waals surface area (Å²) in [5.74, 6) is 1.96. The lowest BCUT2D eigenvalue weighted by molar-refractivity contribution is 0.0955. The summed E-state index contributed by atoms with van der Waals surface area (Å²) < 4.78 is 1.88. The minimum Gasteiger partial charge on any atom is -0.368 e. The Balaban J connectivity index is 1.38. The predicted octanol–water partition coefficient (Wildman–Crippen LogP) is 4.71. The number of fused-ring (bicyclic) bond motifs is 1. The van der Waals surface area contributed by atoms with Crippen LogP contribution in [0.5, 0.6) is 0 Å². The quantitative estimate of drug-likeness (QED) is 0.407. The van der Waals surface area contributed by atoms with Gasteiger partial charge >= 0.3 is 0 Å². The predicted molar refractivity (Wildman–Crippen MR) is 130 cm³/mol. The van der Waals surface area contributed by atoms with Gasteiger partial charge in [0.1, 0.15) is 11.6 Å². The van der Waals surface area contributed by atoms with Crippen molar-refractivity contribution in [1.29, 1.82) is 0 Å². The van der Waals surface area contributed by atoms with E-state index in [2.05, 4.69) is 15.7 Å². The van der Waals surface area contributed by atoms with Crippen LogP contribution in [0.1, 0.15) is 54.2 Å². The number of amides is 1. The first kappa shape index (κ1) is 21.1. The van der Waals surface area contributed by atoms with Crippen LogP contribution in [0.4, 0.5) is 5.82 Å². The summed E-state index contributed by atoms with van der Waals surface area (Å²) in [5.41, 5.74) is 2.44. The van der Waals surface area contributed by atoms with Gasteiger partial charge in [-0.25, -0.2) is 14.6 Å². The van der Waals surface area contributed by atoms with Crippen LogP contribution >= 0.6 is 0 Å². The Bertz CT molecular complexity index is 1220. The lowest BCUT2D eigenvalue weighted by atomic mass is 9.88. The maximum Gasteiger partial charge on any atom is 0.251 e. The average molecular weight is 441 g/mol. The van der Waals surface area contributed by atoms with E-state index in [-0.39, 0.29) is 5.91 Å². The fourth-order valence-electron chi connectivity index (χ4n) is 4.41. The van der Waals surface area contributed by atoms with Crippen LogP contribution in [0.25, 0.3) is 16.7 Å². The molecule has 0 saturated heterocycles. The minimum absolute atomic E-state index is 0.0787. The highest BCUT2D eigenvalue weighted by molar-refractivity contribution is 5.94. The van der Waals surface area contributed by atoms with Gasteiger partial charge in [-0.1, -0.05) is 55.7 Å². The zero-order chi connectivity index (χ0) is 22.5. The number of anilines is 1. The molecule has 4 aromatic rings. The van der Waals surface area contributed by atoms with Crippen LogP contribution < -0.4 is 10.6 Å². The van der Waals surface area contributed by atoms with E-state index in [1.54, 1.807) is 0 Å². The first-order valence-electron chi connectivity index (χ1n) is 11.7. The Hall–Kier alpha value is -3.74. The number of hydrogen-bond acceptors (Lipinski definition) is 5. The molecule has 2 heterocycles. The van der Waals surface area contributed by atoms with E-state index in [4.69, 9.17) is 9.97 Å². The van der Waals surface area contributed by atoms with Crippen molar-refractivity contribution in [2.75, 3.05) is 18.4 Å². The van der Waals surface area contributed by atoms with E-state index in [0.717, 1.165) is 41.2 Å². The lowest BCUT2D eigenvalue weighted by Crippen LogP contribution is -2.29. The molecular formula is C26H28N6O. The topological polar surface area (TPSA) is 84.7 Å². The number of aromatic nitrogens is 4. The Kier molecular flexibility index (Phi) is 6.28. The number of benzene rings is 2. The van der Waals surface area contributed by atoms with Crippen molar-refractivity contribution in [1.82, 2.24) is 25.1 Å². The van der Waals surface area contributed by atoms with E-state index >= 15 is 0 Å². The smallest absolute Gasteiger partial charge is 0.251 e. The van der Waals surface area contributed by atoms with Crippen LogP contribution in [0.15, 0.2) is 66.9 Å². The monoisotopic (exact) mass is 440 g/mol. The van der Waals surface area contributed by atoms with Crippen molar-refractivity contribution in [3.63, 3.8) is 0 Å². The molecule has 0 atom stereocenters. The van der Waals surface area contributed by atoms with Gasteiger partial charge in [0.25, 0.3) is 5.91 Å². The molecule has 33 heavy (non-hydrogen) atoms. The summed E-state index contributed by atoms with van der Waals surface area (Å²) in [7, 11) is 0. The molecule has 1 fully saturated rings. The van der Waals surface area contributed by atoms with Crippen molar-refractivity contribution in [2.45, 2.75) is 38.0 Å². The van der Waals surface area contributed by atoms with Crippen molar-refractivity contribution in [3.8, 4) is 5.69 Å². The number of nitrogens with one attached hydrogen (secondary N) is 2. The van der Waals surface area contributed by atoms with E-state index in [9.17, 15) is 4.79 Å². The van der Waals surface area contributed by atoms with Gasteiger partial charge in [-0.15, -0.1) is 0 Å². The van der Waals surface area contributed by atoms with Crippen LogP contribution in [0.3, 0.4) is 0 Å². The largest absolute Gasteiger partial charge is 0.368 e. The maximum absolute atomic E-state index is 12.3. The van der Waals surface area contributed by atoms with Gasteiger partial charge in [0.05, 0.1) is 17.3 Å². The van der Waals surface area contributed by atoms with Gasteiger partial charge in [-0.2, -0.15) is 5.10 Å². The van der Waals surface area contributed by atoms with E-state index < -0.39 is 0 Å². The molecule has 168 valence electrons. The van der Waals surface area contributed by atoms with E-state index in [1.807, 2.05) is 71.5 Å². The molecule has 7 nitrogen and oxygen atoms in total. The molecule has 0 bridgehead atoms. The molecule has 0 aliphatic heterocycles. The van der Waals surface area contributed by atoms with Gasteiger partial charge in [0, 0.05) is 24.6 Å². The number of para-hydroxylation sites is 1. The first-order chi connectivity index (χ1) is 16.3. The Morgan fingerprint density at radius 2 is 1.64 bits per heavy atom. The van der Waals surface area contributed by atoms with Gasteiger partial charge in [-0.05, 0) is 37.1 Å². The molecule has 0 unspecified atom stereocenters. The molecule has 5 rings (SSSR count). The van der Waals surface area contributed by atoms with E-state index in [1.165, 1.54) is 19.3 Å². The second kappa shape index (κ2) is 9.81. The number of carbonyl (C=O) groups is 1. The average Bonchev–Trinajstić information content (AvgIpc) is 3.32. The van der Waals surface area contributed by atoms with Crippen molar-refractivity contribution < 1.29 is 4.79 Å². The van der Waals surface area contributed by atoms with Gasteiger partial charge in [-0.3, -0.25) is 4.79 Å². The zero-order valence-corrected chi connectivity index (χ0v) is 18.6. The van der Waals surface area contributed by atoms with Crippen LogP contribution in [0, 0.1) is 0 Å². The Morgan fingerprint density at radius 1 is 0.909 bits per heavy atom. The van der Waals surface area contributed by atoms with Gasteiger partial charge in [0.2, 0.25) is 0 Å². The minimum atomic E-state index is -0.0787. The lowest BCUT2D eigenvalue weighted by Gasteiger charge is -2.21. The number of hydrogen-bond donors (Lipinski definition) is 2. The maximum atomic E-state index is 12.3. The molecule has 1 amide bonds. The van der Waals surface area contributed by atoms with Gasteiger partial charge < -0.3 is 10.6 Å². The zero-order valence-electron chi connectivity index (χ0n) is 18.6. The van der Waals surface area contributed by atoms with Crippen molar-refractivity contribution in [3.05, 3.63) is 78.2 Å². The second-order valence-electron chi connectivity index (χ2n) is 8.44. The SMILES string of the molecule is O=C(NCCNc1nc(C2CCCCC2)nc2c1cnn2-c1ccccc1)c1ccccc1. The first-order valence-corrected chi connectivity index (χ1v) is 11.7.